The third-order valence-electron chi connectivity index (χ3n) is 3.05. The summed E-state index contributed by atoms with van der Waals surface area (Å²) in [5, 5.41) is 8.98. The maximum Gasteiger partial charge on any atom is 0.335 e. The number of hydrogen-bond acceptors (Lipinski definition) is 4. The molecule has 1 aromatic carbocycles. The van der Waals surface area contributed by atoms with Crippen LogP contribution in [0.4, 0.5) is 0 Å². The van der Waals surface area contributed by atoms with Crippen molar-refractivity contribution in [1.82, 2.24) is 4.72 Å². The summed E-state index contributed by atoms with van der Waals surface area (Å²) < 4.78 is 32.4. The van der Waals surface area contributed by atoms with Gasteiger partial charge in [-0.05, 0) is 31.0 Å². The molecule has 0 saturated heterocycles. The fourth-order valence-corrected chi connectivity index (χ4v) is 3.56. The number of sulfonamides is 1. The van der Waals surface area contributed by atoms with Gasteiger partial charge in [-0.25, -0.2) is 17.9 Å². The second kappa shape index (κ2) is 7.53. The molecular formula is C14H21NO5S. The van der Waals surface area contributed by atoms with Gasteiger partial charge in [0.1, 0.15) is 0 Å². The first kappa shape index (κ1) is 17.6. The highest BCUT2D eigenvalue weighted by Gasteiger charge is 2.22. The maximum atomic E-state index is 12.4. The van der Waals surface area contributed by atoms with Crippen LogP contribution in [-0.2, 0) is 14.8 Å². The lowest BCUT2D eigenvalue weighted by atomic mass is 10.1. The van der Waals surface area contributed by atoms with Gasteiger partial charge in [0.25, 0.3) is 0 Å². The molecule has 6 nitrogen and oxygen atoms in total. The second-order valence-corrected chi connectivity index (χ2v) is 6.53. The van der Waals surface area contributed by atoms with Gasteiger partial charge in [0, 0.05) is 13.2 Å². The van der Waals surface area contributed by atoms with Crippen molar-refractivity contribution in [3.63, 3.8) is 0 Å². The molecule has 0 spiro atoms. The first-order valence-electron chi connectivity index (χ1n) is 6.67. The maximum absolute atomic E-state index is 12.4. The third-order valence-corrected chi connectivity index (χ3v) is 4.71. The molecule has 0 aliphatic heterocycles. The quantitative estimate of drug-likeness (QED) is 0.763. The summed E-state index contributed by atoms with van der Waals surface area (Å²) >= 11 is 0. The molecule has 1 unspecified atom stereocenters. The van der Waals surface area contributed by atoms with Crippen molar-refractivity contribution in [2.24, 2.45) is 0 Å². The summed E-state index contributed by atoms with van der Waals surface area (Å²) in [6.07, 6.45) is 1.45. The minimum Gasteiger partial charge on any atom is -0.478 e. The first-order valence-corrected chi connectivity index (χ1v) is 8.15. The lowest BCUT2D eigenvalue weighted by molar-refractivity contribution is 0.0696. The van der Waals surface area contributed by atoms with Crippen molar-refractivity contribution in [2.75, 3.05) is 13.7 Å². The van der Waals surface area contributed by atoms with Gasteiger partial charge in [0.2, 0.25) is 10.0 Å². The van der Waals surface area contributed by atoms with Gasteiger partial charge in [0.15, 0.2) is 0 Å². The summed E-state index contributed by atoms with van der Waals surface area (Å²) in [6.45, 7) is 3.85. The van der Waals surface area contributed by atoms with E-state index in [2.05, 4.69) is 4.72 Å². The number of aromatic carboxylic acids is 1. The molecule has 118 valence electrons. The Bertz CT molecular complexity index is 591. The molecule has 0 saturated carbocycles. The van der Waals surface area contributed by atoms with Crippen LogP contribution in [0.2, 0.25) is 0 Å². The molecule has 0 bridgehead atoms. The molecule has 1 atom stereocenters. The van der Waals surface area contributed by atoms with Crippen LogP contribution in [0.3, 0.4) is 0 Å². The Morgan fingerprint density at radius 2 is 2.10 bits per heavy atom. The molecule has 0 radical (unpaired) electrons. The predicted molar refractivity (Wildman–Crippen MR) is 79.0 cm³/mol. The topological polar surface area (TPSA) is 92.7 Å². The molecule has 2 N–H and O–H groups in total. The molecule has 0 amide bonds. The molecule has 0 fully saturated rings. The molecular weight excluding hydrogens is 294 g/mol. The van der Waals surface area contributed by atoms with Gasteiger partial charge in [-0.3, -0.25) is 0 Å². The van der Waals surface area contributed by atoms with E-state index in [-0.39, 0.29) is 23.1 Å². The van der Waals surface area contributed by atoms with E-state index in [0.29, 0.717) is 12.0 Å². The lowest BCUT2D eigenvalue weighted by Gasteiger charge is -2.18. The van der Waals surface area contributed by atoms with E-state index in [9.17, 15) is 13.2 Å². The molecule has 21 heavy (non-hydrogen) atoms. The monoisotopic (exact) mass is 315 g/mol. The molecule has 0 aliphatic carbocycles. The predicted octanol–water partition coefficient (Wildman–Crippen LogP) is 1.79. The number of aryl methyl sites for hydroxylation is 1. The zero-order valence-electron chi connectivity index (χ0n) is 12.4. The van der Waals surface area contributed by atoms with Crippen LogP contribution in [0.1, 0.15) is 35.7 Å². The van der Waals surface area contributed by atoms with Crippen LogP contribution >= 0.6 is 0 Å². The number of hydrogen-bond donors (Lipinski definition) is 2. The zero-order chi connectivity index (χ0) is 16.0. The number of ether oxygens (including phenoxy) is 1. The van der Waals surface area contributed by atoms with Crippen molar-refractivity contribution >= 4 is 16.0 Å². The Morgan fingerprint density at radius 3 is 2.62 bits per heavy atom. The normalized spacial score (nSPS) is 13.1. The highest BCUT2D eigenvalue weighted by molar-refractivity contribution is 7.89. The fraction of sp³-hybridized carbons (Fsp3) is 0.500. The SMILES string of the molecule is CCCC(COC)NS(=O)(=O)c1cc(C(=O)O)ccc1C. The third kappa shape index (κ3) is 4.80. The Hall–Kier alpha value is -1.44. The summed E-state index contributed by atoms with van der Waals surface area (Å²) in [5.41, 5.74) is 0.444. The Balaban J connectivity index is 3.11. The van der Waals surface area contributed by atoms with E-state index < -0.39 is 16.0 Å². The highest BCUT2D eigenvalue weighted by atomic mass is 32.2. The first-order chi connectivity index (χ1) is 9.81. The smallest absolute Gasteiger partial charge is 0.335 e. The standard InChI is InChI=1S/C14H21NO5S/c1-4-5-12(9-20-3)15-21(18,19)13-8-11(14(16)17)7-6-10(13)2/h6-8,12,15H,4-5,9H2,1-3H3,(H,16,17). The van der Waals surface area contributed by atoms with Crippen LogP contribution < -0.4 is 4.72 Å². The molecule has 0 heterocycles. The summed E-state index contributed by atoms with van der Waals surface area (Å²) in [7, 11) is -2.28. The van der Waals surface area contributed by atoms with Crippen LogP contribution in [-0.4, -0.2) is 39.3 Å². The Kier molecular flexibility index (Phi) is 6.32. The van der Waals surface area contributed by atoms with E-state index in [1.807, 2.05) is 6.92 Å². The molecule has 0 aliphatic rings. The number of carboxylic acid groups (broad SMARTS) is 1. The van der Waals surface area contributed by atoms with Gasteiger partial charge in [-0.2, -0.15) is 0 Å². The molecule has 1 rings (SSSR count). The second-order valence-electron chi connectivity index (χ2n) is 4.85. The van der Waals surface area contributed by atoms with Crippen molar-refractivity contribution in [3.8, 4) is 0 Å². The average Bonchev–Trinajstić information content (AvgIpc) is 2.38. The number of nitrogens with one attached hydrogen (secondary N) is 1. The number of benzene rings is 1. The Labute approximate surface area is 125 Å². The minimum absolute atomic E-state index is 0.0143. The number of carbonyl (C=O) groups is 1. The summed E-state index contributed by atoms with van der Waals surface area (Å²) in [4.78, 5) is 11.0. The Morgan fingerprint density at radius 1 is 1.43 bits per heavy atom. The van der Waals surface area contributed by atoms with Gasteiger partial charge < -0.3 is 9.84 Å². The summed E-state index contributed by atoms with van der Waals surface area (Å²) in [5.74, 6) is -1.16. The number of carboxylic acids is 1. The van der Waals surface area contributed by atoms with Crippen LogP contribution in [0.15, 0.2) is 23.1 Å². The van der Waals surface area contributed by atoms with Crippen molar-refractivity contribution in [1.29, 1.82) is 0 Å². The van der Waals surface area contributed by atoms with Gasteiger partial charge in [0.05, 0.1) is 17.1 Å². The van der Waals surface area contributed by atoms with Gasteiger partial charge >= 0.3 is 5.97 Å². The van der Waals surface area contributed by atoms with Crippen molar-refractivity contribution in [2.45, 2.75) is 37.6 Å². The van der Waals surface area contributed by atoms with Crippen molar-refractivity contribution < 1.29 is 23.1 Å². The molecule has 0 aromatic heterocycles. The van der Waals surface area contributed by atoms with Crippen LogP contribution in [0, 0.1) is 6.92 Å². The zero-order valence-corrected chi connectivity index (χ0v) is 13.2. The molecule has 1 aromatic rings. The van der Waals surface area contributed by atoms with E-state index in [1.165, 1.54) is 25.3 Å². The highest BCUT2D eigenvalue weighted by Crippen LogP contribution is 2.18. The number of rotatable bonds is 8. The van der Waals surface area contributed by atoms with Crippen LogP contribution in [0.5, 0.6) is 0 Å². The fourth-order valence-electron chi connectivity index (χ4n) is 2.03. The van der Waals surface area contributed by atoms with Crippen molar-refractivity contribution in [3.05, 3.63) is 29.3 Å². The van der Waals surface area contributed by atoms with E-state index in [4.69, 9.17) is 9.84 Å². The number of methoxy groups -OCH3 is 1. The summed E-state index contributed by atoms with van der Waals surface area (Å²) in [6, 6.07) is 3.71. The van der Waals surface area contributed by atoms with Gasteiger partial charge in [-0.15, -0.1) is 0 Å². The van der Waals surface area contributed by atoms with E-state index in [0.717, 1.165) is 6.42 Å². The molecule has 7 heteroatoms. The van der Waals surface area contributed by atoms with Crippen LogP contribution in [0.25, 0.3) is 0 Å². The average molecular weight is 315 g/mol. The van der Waals surface area contributed by atoms with E-state index in [1.54, 1.807) is 6.92 Å². The van der Waals surface area contributed by atoms with Gasteiger partial charge in [-0.1, -0.05) is 19.4 Å². The minimum atomic E-state index is -3.78. The lowest BCUT2D eigenvalue weighted by Crippen LogP contribution is -2.38. The largest absolute Gasteiger partial charge is 0.478 e. The van der Waals surface area contributed by atoms with E-state index >= 15 is 0 Å².